The molecule has 0 radical (unpaired) electrons. The Labute approximate surface area is 159 Å². The highest BCUT2D eigenvalue weighted by atomic mass is 35.5. The van der Waals surface area contributed by atoms with Crippen molar-refractivity contribution in [3.05, 3.63) is 51.4 Å². The van der Waals surface area contributed by atoms with Gasteiger partial charge in [0.2, 0.25) is 0 Å². The maximum absolute atomic E-state index is 12.8. The Morgan fingerprint density at radius 2 is 2.00 bits per heavy atom. The second kappa shape index (κ2) is 7.03. The Balaban J connectivity index is 2.02. The van der Waals surface area contributed by atoms with E-state index in [1.165, 1.54) is 19.4 Å². The zero-order valence-electron chi connectivity index (χ0n) is 14.8. The van der Waals surface area contributed by atoms with E-state index in [-0.39, 0.29) is 22.8 Å². The fraction of sp³-hybridized carbons (Fsp3) is 0.333. The molecular formula is C18H18ClN3O5. The first-order chi connectivity index (χ1) is 12.8. The standard InChI is InChI=1S/C18H18ClN3O5/c1-18(17(25)26)7-8-21(10-18)13-9-20-22(15(23)14(13)19)12-6-4-3-5-11(12)16(24)27-2/h3-6,9H,7-8,10H2,1-2H3,(H,25,26). The summed E-state index contributed by atoms with van der Waals surface area (Å²) >= 11 is 6.29. The number of anilines is 1. The van der Waals surface area contributed by atoms with Crippen LogP contribution < -0.4 is 10.5 Å². The third kappa shape index (κ3) is 3.28. The van der Waals surface area contributed by atoms with Gasteiger partial charge in [0.1, 0.15) is 5.02 Å². The van der Waals surface area contributed by atoms with Crippen molar-refractivity contribution in [2.75, 3.05) is 25.1 Å². The Morgan fingerprint density at radius 3 is 2.63 bits per heavy atom. The largest absolute Gasteiger partial charge is 0.481 e. The van der Waals surface area contributed by atoms with Crippen LogP contribution in [0.25, 0.3) is 5.69 Å². The van der Waals surface area contributed by atoms with Crippen LogP contribution in [-0.4, -0.2) is 47.0 Å². The molecule has 142 valence electrons. The summed E-state index contributed by atoms with van der Waals surface area (Å²) in [5, 5.41) is 13.4. The number of para-hydroxylation sites is 1. The molecule has 3 rings (SSSR count). The number of methoxy groups -OCH3 is 1. The zero-order chi connectivity index (χ0) is 19.8. The van der Waals surface area contributed by atoms with Crippen LogP contribution in [-0.2, 0) is 9.53 Å². The number of carbonyl (C=O) groups is 2. The van der Waals surface area contributed by atoms with Crippen LogP contribution in [0, 0.1) is 5.41 Å². The van der Waals surface area contributed by atoms with E-state index >= 15 is 0 Å². The van der Waals surface area contributed by atoms with Crippen molar-refractivity contribution >= 4 is 29.2 Å². The summed E-state index contributed by atoms with van der Waals surface area (Å²) in [6.07, 6.45) is 1.85. The van der Waals surface area contributed by atoms with E-state index in [1.54, 1.807) is 30.0 Å². The van der Waals surface area contributed by atoms with Gasteiger partial charge in [-0.05, 0) is 25.5 Å². The average molecular weight is 392 g/mol. The van der Waals surface area contributed by atoms with Crippen LogP contribution in [0.3, 0.4) is 0 Å². The zero-order valence-corrected chi connectivity index (χ0v) is 15.6. The lowest BCUT2D eigenvalue weighted by Crippen LogP contribution is -2.33. The fourth-order valence-electron chi connectivity index (χ4n) is 3.10. The van der Waals surface area contributed by atoms with Gasteiger partial charge in [0.05, 0.1) is 35.7 Å². The molecule has 1 aliphatic rings. The van der Waals surface area contributed by atoms with Gasteiger partial charge in [-0.25, -0.2) is 4.79 Å². The maximum Gasteiger partial charge on any atom is 0.340 e. The smallest absolute Gasteiger partial charge is 0.340 e. The summed E-state index contributed by atoms with van der Waals surface area (Å²) in [6, 6.07) is 6.40. The molecule has 2 aromatic rings. The molecule has 27 heavy (non-hydrogen) atoms. The highest BCUT2D eigenvalue weighted by molar-refractivity contribution is 6.33. The lowest BCUT2D eigenvalue weighted by Gasteiger charge is -2.22. The summed E-state index contributed by atoms with van der Waals surface area (Å²) in [5.41, 5.74) is -0.708. The molecule has 8 nitrogen and oxygen atoms in total. The van der Waals surface area contributed by atoms with Crippen molar-refractivity contribution in [1.82, 2.24) is 9.78 Å². The van der Waals surface area contributed by atoms with Gasteiger partial charge in [-0.15, -0.1) is 0 Å². The first-order valence-electron chi connectivity index (χ1n) is 8.22. The quantitative estimate of drug-likeness (QED) is 0.795. The molecule has 1 aliphatic heterocycles. The molecule has 0 bridgehead atoms. The average Bonchev–Trinajstić information content (AvgIpc) is 3.07. The molecule has 0 amide bonds. The highest BCUT2D eigenvalue weighted by Crippen LogP contribution is 2.35. The van der Waals surface area contributed by atoms with E-state index in [4.69, 9.17) is 16.3 Å². The van der Waals surface area contributed by atoms with Crippen LogP contribution in [0.1, 0.15) is 23.7 Å². The Morgan fingerprint density at radius 1 is 1.30 bits per heavy atom. The predicted molar refractivity (Wildman–Crippen MR) is 98.8 cm³/mol. The summed E-state index contributed by atoms with van der Waals surface area (Å²) in [6.45, 7) is 2.34. The Hall–Kier alpha value is -2.87. The molecule has 1 aromatic heterocycles. The normalized spacial score (nSPS) is 19.1. The maximum atomic E-state index is 12.8. The number of carboxylic acid groups (broad SMARTS) is 1. The first-order valence-corrected chi connectivity index (χ1v) is 8.60. The number of carboxylic acids is 1. The summed E-state index contributed by atoms with van der Waals surface area (Å²) in [4.78, 5) is 37.9. The van der Waals surface area contributed by atoms with E-state index in [2.05, 4.69) is 5.10 Å². The minimum atomic E-state index is -0.907. The van der Waals surface area contributed by atoms with E-state index < -0.39 is 22.9 Å². The summed E-state index contributed by atoms with van der Waals surface area (Å²) in [5.74, 6) is -1.49. The molecule has 2 heterocycles. The SMILES string of the molecule is COC(=O)c1ccccc1-n1ncc(N2CCC(C)(C(=O)O)C2)c(Cl)c1=O. The molecule has 1 saturated heterocycles. The van der Waals surface area contributed by atoms with Crippen molar-refractivity contribution in [2.45, 2.75) is 13.3 Å². The monoisotopic (exact) mass is 391 g/mol. The van der Waals surface area contributed by atoms with Gasteiger partial charge in [0.15, 0.2) is 0 Å². The fourth-order valence-corrected chi connectivity index (χ4v) is 3.35. The van der Waals surface area contributed by atoms with E-state index in [1.807, 2.05) is 0 Å². The van der Waals surface area contributed by atoms with Crippen molar-refractivity contribution in [3.63, 3.8) is 0 Å². The number of nitrogens with zero attached hydrogens (tertiary/aromatic N) is 3. The van der Waals surface area contributed by atoms with Crippen LogP contribution >= 0.6 is 11.6 Å². The number of rotatable bonds is 4. The van der Waals surface area contributed by atoms with Gasteiger partial charge in [-0.3, -0.25) is 9.59 Å². The van der Waals surface area contributed by atoms with Crippen LogP contribution in [0.15, 0.2) is 35.3 Å². The Kier molecular flexibility index (Phi) is 4.93. The lowest BCUT2D eigenvalue weighted by atomic mass is 9.90. The third-order valence-corrected chi connectivity index (χ3v) is 5.12. The number of hydrogen-bond acceptors (Lipinski definition) is 6. The van der Waals surface area contributed by atoms with Crippen LogP contribution in [0.2, 0.25) is 5.02 Å². The van der Waals surface area contributed by atoms with Gasteiger partial charge in [-0.1, -0.05) is 23.7 Å². The van der Waals surface area contributed by atoms with Crippen molar-refractivity contribution < 1.29 is 19.4 Å². The van der Waals surface area contributed by atoms with Crippen molar-refractivity contribution in [1.29, 1.82) is 0 Å². The second-order valence-electron chi connectivity index (χ2n) is 6.61. The number of esters is 1. The number of aromatic nitrogens is 2. The number of benzene rings is 1. The van der Waals surface area contributed by atoms with Crippen LogP contribution in [0.4, 0.5) is 5.69 Å². The minimum absolute atomic E-state index is 0.0840. The number of halogens is 1. The molecule has 1 unspecified atom stereocenters. The van der Waals surface area contributed by atoms with Gasteiger partial charge in [0.25, 0.3) is 5.56 Å². The molecule has 1 aromatic carbocycles. The van der Waals surface area contributed by atoms with E-state index in [0.717, 1.165) is 4.68 Å². The van der Waals surface area contributed by atoms with Gasteiger partial charge >= 0.3 is 11.9 Å². The van der Waals surface area contributed by atoms with Crippen molar-refractivity contribution in [2.24, 2.45) is 5.41 Å². The molecule has 0 aliphatic carbocycles. The van der Waals surface area contributed by atoms with Gasteiger partial charge in [0, 0.05) is 13.1 Å². The number of ether oxygens (including phenoxy) is 1. The summed E-state index contributed by atoms with van der Waals surface area (Å²) < 4.78 is 5.77. The van der Waals surface area contributed by atoms with Gasteiger partial charge in [-0.2, -0.15) is 9.78 Å². The third-order valence-electron chi connectivity index (χ3n) is 4.77. The molecule has 1 atom stereocenters. The van der Waals surface area contributed by atoms with Gasteiger partial charge < -0.3 is 14.7 Å². The topological polar surface area (TPSA) is 102 Å². The minimum Gasteiger partial charge on any atom is -0.481 e. The van der Waals surface area contributed by atoms with E-state index in [0.29, 0.717) is 18.7 Å². The first kappa shape index (κ1) is 18.9. The molecule has 1 fully saturated rings. The number of carbonyl (C=O) groups excluding carboxylic acids is 1. The molecule has 9 heteroatoms. The van der Waals surface area contributed by atoms with Crippen LogP contribution in [0.5, 0.6) is 0 Å². The summed E-state index contributed by atoms with van der Waals surface area (Å²) in [7, 11) is 1.25. The lowest BCUT2D eigenvalue weighted by molar-refractivity contribution is -0.146. The van der Waals surface area contributed by atoms with Crippen molar-refractivity contribution in [3.8, 4) is 5.69 Å². The Bertz CT molecular complexity index is 974. The number of aliphatic carboxylic acids is 1. The van der Waals surface area contributed by atoms with E-state index in [9.17, 15) is 19.5 Å². The molecule has 1 N–H and O–H groups in total. The number of hydrogen-bond donors (Lipinski definition) is 1. The second-order valence-corrected chi connectivity index (χ2v) is 6.98. The highest BCUT2D eigenvalue weighted by Gasteiger charge is 2.41. The molecule has 0 saturated carbocycles. The molecule has 0 spiro atoms. The predicted octanol–water partition coefficient (Wildman–Crippen LogP) is 1.97. The molecular weight excluding hydrogens is 374 g/mol.